The van der Waals surface area contributed by atoms with Crippen molar-refractivity contribution in [3.05, 3.63) is 108 Å². The lowest BCUT2D eigenvalue weighted by atomic mass is 9.99. The molecule has 2 fully saturated rings. The monoisotopic (exact) mass is 555 g/mol. The normalized spacial score (nSPS) is 28.0. The van der Waals surface area contributed by atoms with Crippen molar-refractivity contribution in [2.75, 3.05) is 11.5 Å². The standard InChI is InChI=1S/C31H25NO7S/c33-25-26(34)31(40-21-8-2-1-3-9-21)38-24-16-37-30(39-27(24)25)17-10-12-20(13-11-17)32-28(35)22-14-18-6-4-5-7-19(18)15-23(22)29(32)36/h1-15,24-27,30-31,33-34H,16H2/t24-,25-,26-,27-,30-,31+/m1/s1. The first-order valence-corrected chi connectivity index (χ1v) is 13.9. The fourth-order valence-corrected chi connectivity index (χ4v) is 6.50. The van der Waals surface area contributed by atoms with Crippen molar-refractivity contribution in [2.24, 2.45) is 0 Å². The van der Waals surface area contributed by atoms with Crippen LogP contribution in [0.5, 0.6) is 0 Å². The van der Waals surface area contributed by atoms with Gasteiger partial charge in [0.25, 0.3) is 11.8 Å². The highest BCUT2D eigenvalue weighted by molar-refractivity contribution is 7.99. The zero-order valence-corrected chi connectivity index (χ0v) is 21.9. The predicted octanol–water partition coefficient (Wildman–Crippen LogP) is 4.29. The van der Waals surface area contributed by atoms with Crippen molar-refractivity contribution in [1.29, 1.82) is 0 Å². The molecule has 8 nitrogen and oxygen atoms in total. The molecule has 202 valence electrons. The Hall–Kier alpha value is -3.57. The second-order valence-electron chi connectivity index (χ2n) is 10.0. The molecule has 40 heavy (non-hydrogen) atoms. The smallest absolute Gasteiger partial charge is 0.266 e. The van der Waals surface area contributed by atoms with E-state index in [1.54, 1.807) is 36.4 Å². The Morgan fingerprint density at radius 2 is 1.38 bits per heavy atom. The van der Waals surface area contributed by atoms with E-state index in [0.29, 0.717) is 22.4 Å². The predicted molar refractivity (Wildman–Crippen MR) is 148 cm³/mol. The van der Waals surface area contributed by atoms with Crippen molar-refractivity contribution in [3.63, 3.8) is 0 Å². The van der Waals surface area contributed by atoms with Crippen molar-refractivity contribution in [1.82, 2.24) is 0 Å². The zero-order chi connectivity index (χ0) is 27.4. The fraction of sp³-hybridized carbons (Fsp3) is 0.226. The number of aliphatic hydroxyl groups is 2. The van der Waals surface area contributed by atoms with E-state index in [-0.39, 0.29) is 18.4 Å². The molecule has 2 saturated heterocycles. The van der Waals surface area contributed by atoms with Gasteiger partial charge in [0.05, 0.1) is 23.4 Å². The Morgan fingerprint density at radius 1 is 0.750 bits per heavy atom. The van der Waals surface area contributed by atoms with Gasteiger partial charge in [0.1, 0.15) is 29.9 Å². The van der Waals surface area contributed by atoms with E-state index in [1.165, 1.54) is 16.7 Å². The number of imide groups is 1. The van der Waals surface area contributed by atoms with Gasteiger partial charge in [-0.2, -0.15) is 0 Å². The van der Waals surface area contributed by atoms with E-state index < -0.39 is 36.1 Å². The van der Waals surface area contributed by atoms with Crippen LogP contribution in [0.25, 0.3) is 10.8 Å². The SMILES string of the molecule is O=C1c2cc3ccccc3cc2C(=O)N1c1ccc([C@@H]2OC[C@H]3O[C@@H](Sc4ccccc4)[C@H](O)[C@@H](O)[C@@H]3O2)cc1. The molecule has 2 N–H and O–H groups in total. The third-order valence-electron chi connectivity index (χ3n) is 7.51. The number of carbonyl (C=O) groups excluding carboxylic acids is 2. The van der Waals surface area contributed by atoms with Gasteiger partial charge in [-0.05, 0) is 47.2 Å². The summed E-state index contributed by atoms with van der Waals surface area (Å²) in [6.07, 6.45) is -4.47. The molecule has 0 aromatic heterocycles. The summed E-state index contributed by atoms with van der Waals surface area (Å²) in [5, 5.41) is 23.4. The first-order valence-electron chi connectivity index (χ1n) is 13.0. The first-order chi connectivity index (χ1) is 19.5. The van der Waals surface area contributed by atoms with Crippen LogP contribution in [0.3, 0.4) is 0 Å². The summed E-state index contributed by atoms with van der Waals surface area (Å²) in [5.41, 5.74) is 1.17. The summed E-state index contributed by atoms with van der Waals surface area (Å²) in [4.78, 5) is 28.5. The summed E-state index contributed by atoms with van der Waals surface area (Å²) in [7, 11) is 0. The van der Waals surface area contributed by atoms with Crippen molar-refractivity contribution < 1.29 is 34.0 Å². The van der Waals surface area contributed by atoms with E-state index in [1.807, 2.05) is 54.6 Å². The number of ether oxygens (including phenoxy) is 3. The summed E-state index contributed by atoms with van der Waals surface area (Å²) in [6, 6.07) is 27.4. The molecule has 0 bridgehead atoms. The number of carbonyl (C=O) groups is 2. The quantitative estimate of drug-likeness (QED) is 0.360. The van der Waals surface area contributed by atoms with Crippen LogP contribution in [0.15, 0.2) is 95.9 Å². The Bertz CT molecular complexity index is 1540. The maximum absolute atomic E-state index is 13.2. The van der Waals surface area contributed by atoms with Gasteiger partial charge in [0.2, 0.25) is 0 Å². The van der Waals surface area contributed by atoms with Crippen molar-refractivity contribution >= 4 is 40.0 Å². The van der Waals surface area contributed by atoms with Crippen LogP contribution in [-0.2, 0) is 14.2 Å². The highest BCUT2D eigenvalue weighted by atomic mass is 32.2. The van der Waals surface area contributed by atoms with E-state index >= 15 is 0 Å². The molecule has 2 amide bonds. The van der Waals surface area contributed by atoms with Crippen LogP contribution in [-0.4, -0.2) is 58.5 Å². The maximum Gasteiger partial charge on any atom is 0.266 e. The summed E-state index contributed by atoms with van der Waals surface area (Å²) >= 11 is 1.34. The van der Waals surface area contributed by atoms with Gasteiger partial charge in [0, 0.05) is 10.5 Å². The highest BCUT2D eigenvalue weighted by Gasteiger charge is 2.49. The average Bonchev–Trinajstić information content (AvgIpc) is 3.23. The number of benzene rings is 4. The van der Waals surface area contributed by atoms with Gasteiger partial charge in [0.15, 0.2) is 6.29 Å². The molecule has 3 aliphatic heterocycles. The van der Waals surface area contributed by atoms with Crippen LogP contribution < -0.4 is 4.90 Å². The number of hydrogen-bond acceptors (Lipinski definition) is 8. The summed E-state index contributed by atoms with van der Waals surface area (Å²) in [5.74, 6) is -0.739. The third-order valence-corrected chi connectivity index (χ3v) is 8.67. The molecular weight excluding hydrogens is 530 g/mol. The number of rotatable bonds is 4. The average molecular weight is 556 g/mol. The van der Waals surface area contributed by atoms with Gasteiger partial charge < -0.3 is 24.4 Å². The third kappa shape index (κ3) is 4.32. The number of thioether (sulfide) groups is 1. The molecule has 3 aliphatic rings. The number of nitrogens with zero attached hydrogens (tertiary/aromatic N) is 1. The largest absolute Gasteiger partial charge is 0.387 e. The molecule has 4 aromatic rings. The van der Waals surface area contributed by atoms with Crippen LogP contribution in [0.4, 0.5) is 5.69 Å². The van der Waals surface area contributed by atoms with Gasteiger partial charge in [-0.25, -0.2) is 4.90 Å². The van der Waals surface area contributed by atoms with Gasteiger partial charge in [-0.3, -0.25) is 9.59 Å². The zero-order valence-electron chi connectivity index (χ0n) is 21.1. The van der Waals surface area contributed by atoms with E-state index in [0.717, 1.165) is 15.7 Å². The molecule has 9 heteroatoms. The molecule has 0 aliphatic carbocycles. The summed E-state index contributed by atoms with van der Waals surface area (Å²) in [6.45, 7) is 0.165. The lowest BCUT2D eigenvalue weighted by Gasteiger charge is -2.46. The molecule has 0 saturated carbocycles. The molecule has 7 rings (SSSR count). The maximum atomic E-state index is 13.2. The van der Waals surface area contributed by atoms with Gasteiger partial charge in [-0.15, -0.1) is 0 Å². The van der Waals surface area contributed by atoms with Crippen LogP contribution in [0.2, 0.25) is 0 Å². The topological polar surface area (TPSA) is 106 Å². The number of fused-ring (bicyclic) bond motifs is 3. The van der Waals surface area contributed by atoms with E-state index in [4.69, 9.17) is 14.2 Å². The molecule has 0 spiro atoms. The Morgan fingerprint density at radius 3 is 2.02 bits per heavy atom. The second kappa shape index (κ2) is 10.1. The Kier molecular flexibility index (Phi) is 6.42. The minimum absolute atomic E-state index is 0.165. The molecule has 4 aromatic carbocycles. The highest BCUT2D eigenvalue weighted by Crippen LogP contribution is 2.39. The number of aliphatic hydroxyl groups excluding tert-OH is 2. The molecule has 0 unspecified atom stereocenters. The van der Waals surface area contributed by atoms with Crippen molar-refractivity contribution in [3.8, 4) is 0 Å². The molecular formula is C31H25NO7S. The van der Waals surface area contributed by atoms with Crippen LogP contribution in [0.1, 0.15) is 32.6 Å². The van der Waals surface area contributed by atoms with Crippen LogP contribution >= 0.6 is 11.8 Å². The molecule has 6 atom stereocenters. The number of anilines is 1. The number of hydrogen-bond donors (Lipinski definition) is 2. The molecule has 0 radical (unpaired) electrons. The van der Waals surface area contributed by atoms with E-state index in [9.17, 15) is 19.8 Å². The second-order valence-corrected chi connectivity index (χ2v) is 11.2. The van der Waals surface area contributed by atoms with Gasteiger partial charge in [-0.1, -0.05) is 66.4 Å². The van der Waals surface area contributed by atoms with Gasteiger partial charge >= 0.3 is 0 Å². The van der Waals surface area contributed by atoms with Crippen LogP contribution in [0, 0.1) is 0 Å². The Balaban J connectivity index is 1.06. The minimum Gasteiger partial charge on any atom is -0.387 e. The lowest BCUT2D eigenvalue weighted by molar-refractivity contribution is -0.318. The number of amides is 2. The fourth-order valence-electron chi connectivity index (χ4n) is 5.42. The Labute approximate surface area is 234 Å². The van der Waals surface area contributed by atoms with Crippen molar-refractivity contribution in [2.45, 2.75) is 41.0 Å². The first kappa shape index (κ1) is 25.4. The summed E-state index contributed by atoms with van der Waals surface area (Å²) < 4.78 is 18.0. The lowest BCUT2D eigenvalue weighted by Crippen LogP contribution is -2.60. The van der Waals surface area contributed by atoms with E-state index in [2.05, 4.69) is 0 Å². The minimum atomic E-state index is -1.17. The molecule has 3 heterocycles.